The van der Waals surface area contributed by atoms with Crippen LogP contribution in [0.2, 0.25) is 5.02 Å². The first-order chi connectivity index (χ1) is 8.29. The van der Waals surface area contributed by atoms with E-state index in [9.17, 15) is 0 Å². The van der Waals surface area contributed by atoms with Gasteiger partial charge in [-0.05, 0) is 24.3 Å². The van der Waals surface area contributed by atoms with E-state index in [-0.39, 0.29) is 0 Å². The second kappa shape index (κ2) is 3.90. The Morgan fingerprint density at radius 1 is 1.00 bits per heavy atom. The zero-order chi connectivity index (χ0) is 11.8. The van der Waals surface area contributed by atoms with E-state index in [1.54, 1.807) is 0 Å². The molecular formula is C14H11ClN2. The van der Waals surface area contributed by atoms with Crippen molar-refractivity contribution in [1.29, 1.82) is 0 Å². The van der Waals surface area contributed by atoms with Gasteiger partial charge in [-0.1, -0.05) is 29.8 Å². The van der Waals surface area contributed by atoms with E-state index in [2.05, 4.69) is 16.4 Å². The number of hydrogen-bond donors (Lipinski definition) is 1. The van der Waals surface area contributed by atoms with E-state index < -0.39 is 0 Å². The maximum atomic E-state index is 6.00. The van der Waals surface area contributed by atoms with Gasteiger partial charge in [-0.2, -0.15) is 0 Å². The number of benzene rings is 2. The van der Waals surface area contributed by atoms with Crippen molar-refractivity contribution < 1.29 is 0 Å². The van der Waals surface area contributed by atoms with Crippen LogP contribution >= 0.6 is 11.6 Å². The lowest BCUT2D eigenvalue weighted by Crippen LogP contribution is -1.93. The molecule has 3 aromatic rings. The molecule has 2 nitrogen and oxygen atoms in total. The number of fused-ring (bicyclic) bond motifs is 2. The highest BCUT2D eigenvalue weighted by Gasteiger charge is 2.07. The van der Waals surface area contributed by atoms with Crippen molar-refractivity contribution in [1.82, 2.24) is 4.98 Å². The van der Waals surface area contributed by atoms with Gasteiger partial charge >= 0.3 is 0 Å². The molecule has 17 heavy (non-hydrogen) atoms. The third kappa shape index (κ3) is 1.61. The lowest BCUT2D eigenvalue weighted by molar-refractivity contribution is 1.47. The van der Waals surface area contributed by atoms with Crippen LogP contribution in [0.4, 0.5) is 5.69 Å². The number of halogens is 1. The molecule has 2 aromatic carbocycles. The van der Waals surface area contributed by atoms with Crippen molar-refractivity contribution in [3.63, 3.8) is 0 Å². The molecule has 0 spiro atoms. The van der Waals surface area contributed by atoms with E-state index in [4.69, 9.17) is 11.6 Å². The van der Waals surface area contributed by atoms with Gasteiger partial charge in [0.15, 0.2) is 0 Å². The quantitative estimate of drug-likeness (QED) is 0.651. The van der Waals surface area contributed by atoms with Gasteiger partial charge in [-0.3, -0.25) is 0 Å². The Morgan fingerprint density at radius 3 is 2.59 bits per heavy atom. The summed E-state index contributed by atoms with van der Waals surface area (Å²) in [7, 11) is 1.93. The summed E-state index contributed by atoms with van der Waals surface area (Å²) in [4.78, 5) is 4.62. The van der Waals surface area contributed by atoms with Crippen LogP contribution in [0, 0.1) is 0 Å². The highest BCUT2D eigenvalue weighted by atomic mass is 35.5. The van der Waals surface area contributed by atoms with Crippen molar-refractivity contribution in [2.24, 2.45) is 0 Å². The molecule has 0 aliphatic heterocycles. The fraction of sp³-hybridized carbons (Fsp3) is 0.0714. The summed E-state index contributed by atoms with van der Waals surface area (Å²) in [5, 5.41) is 6.18. The van der Waals surface area contributed by atoms with Crippen LogP contribution in [-0.4, -0.2) is 12.0 Å². The third-order valence-corrected chi connectivity index (χ3v) is 3.13. The molecule has 0 aliphatic rings. The number of pyridine rings is 1. The van der Waals surface area contributed by atoms with Gasteiger partial charge in [-0.25, -0.2) is 4.98 Å². The normalized spacial score (nSPS) is 10.9. The Bertz CT molecular complexity index is 707. The largest absolute Gasteiger partial charge is 0.387 e. The lowest BCUT2D eigenvalue weighted by atomic mass is 10.1. The Balaban J connectivity index is 2.53. The molecular weight excluding hydrogens is 232 g/mol. The molecule has 84 valence electrons. The Kier molecular flexibility index (Phi) is 2.37. The topological polar surface area (TPSA) is 24.9 Å². The minimum absolute atomic E-state index is 0.710. The van der Waals surface area contributed by atoms with Gasteiger partial charge in [0, 0.05) is 22.8 Å². The molecule has 3 heteroatoms. The summed E-state index contributed by atoms with van der Waals surface area (Å²) >= 11 is 6.00. The first-order valence-electron chi connectivity index (χ1n) is 5.45. The van der Waals surface area contributed by atoms with Gasteiger partial charge < -0.3 is 5.32 Å². The summed E-state index contributed by atoms with van der Waals surface area (Å²) < 4.78 is 0. The van der Waals surface area contributed by atoms with Crippen molar-refractivity contribution in [3.05, 3.63) is 47.5 Å². The lowest BCUT2D eigenvalue weighted by Gasteiger charge is -2.10. The summed E-state index contributed by atoms with van der Waals surface area (Å²) in [6, 6.07) is 13.9. The van der Waals surface area contributed by atoms with Crippen LogP contribution in [0.25, 0.3) is 21.8 Å². The number of nitrogens with zero attached hydrogens (tertiary/aromatic N) is 1. The van der Waals surface area contributed by atoms with Gasteiger partial charge in [-0.15, -0.1) is 0 Å². The van der Waals surface area contributed by atoms with E-state index in [0.29, 0.717) is 5.02 Å². The number of rotatable bonds is 1. The van der Waals surface area contributed by atoms with Gasteiger partial charge in [0.1, 0.15) is 0 Å². The standard InChI is InChI=1S/C14H11ClN2/c1-16-14-10-4-2-3-5-12(10)17-13-8-9(15)6-7-11(13)14/h2-8H,1H3,(H,16,17). The second-order valence-corrected chi connectivity index (χ2v) is 4.35. The smallest absolute Gasteiger partial charge is 0.0745 e. The summed E-state index contributed by atoms with van der Waals surface area (Å²) in [6.07, 6.45) is 0. The van der Waals surface area contributed by atoms with Crippen molar-refractivity contribution >= 4 is 39.1 Å². The third-order valence-electron chi connectivity index (χ3n) is 2.89. The zero-order valence-electron chi connectivity index (χ0n) is 9.37. The monoisotopic (exact) mass is 242 g/mol. The molecule has 1 N–H and O–H groups in total. The average molecular weight is 243 g/mol. The molecule has 0 amide bonds. The van der Waals surface area contributed by atoms with E-state index in [1.165, 1.54) is 0 Å². The number of anilines is 1. The van der Waals surface area contributed by atoms with Crippen LogP contribution in [0.1, 0.15) is 0 Å². The highest BCUT2D eigenvalue weighted by Crippen LogP contribution is 2.31. The fourth-order valence-electron chi connectivity index (χ4n) is 2.14. The van der Waals surface area contributed by atoms with Gasteiger partial charge in [0.2, 0.25) is 0 Å². The molecule has 0 bridgehead atoms. The van der Waals surface area contributed by atoms with E-state index in [1.807, 2.05) is 43.4 Å². The molecule has 0 saturated heterocycles. The van der Waals surface area contributed by atoms with E-state index >= 15 is 0 Å². The Morgan fingerprint density at radius 2 is 1.76 bits per heavy atom. The van der Waals surface area contributed by atoms with Crippen molar-refractivity contribution in [2.45, 2.75) is 0 Å². The number of nitrogens with one attached hydrogen (secondary N) is 1. The van der Waals surface area contributed by atoms with Crippen LogP contribution < -0.4 is 5.32 Å². The summed E-state index contributed by atoms with van der Waals surface area (Å²) in [6.45, 7) is 0. The number of aromatic nitrogens is 1. The molecule has 1 heterocycles. The predicted octanol–water partition coefficient (Wildman–Crippen LogP) is 4.08. The fourth-order valence-corrected chi connectivity index (χ4v) is 2.30. The van der Waals surface area contributed by atoms with Crippen LogP contribution in [-0.2, 0) is 0 Å². The van der Waals surface area contributed by atoms with Crippen molar-refractivity contribution in [3.8, 4) is 0 Å². The molecule has 0 aliphatic carbocycles. The van der Waals surface area contributed by atoms with Gasteiger partial charge in [0.05, 0.1) is 16.7 Å². The second-order valence-electron chi connectivity index (χ2n) is 3.92. The SMILES string of the molecule is CNc1c2ccccc2nc2cc(Cl)ccc12. The first kappa shape index (κ1) is 10.4. The Hall–Kier alpha value is -1.80. The zero-order valence-corrected chi connectivity index (χ0v) is 10.1. The van der Waals surface area contributed by atoms with Crippen LogP contribution in [0.5, 0.6) is 0 Å². The summed E-state index contributed by atoms with van der Waals surface area (Å²) in [5.41, 5.74) is 2.99. The minimum Gasteiger partial charge on any atom is -0.387 e. The maximum Gasteiger partial charge on any atom is 0.0745 e. The maximum absolute atomic E-state index is 6.00. The molecule has 3 rings (SSSR count). The van der Waals surface area contributed by atoms with Crippen molar-refractivity contribution in [2.75, 3.05) is 12.4 Å². The number of para-hydroxylation sites is 1. The van der Waals surface area contributed by atoms with Crippen LogP contribution in [0.3, 0.4) is 0 Å². The molecule has 1 aromatic heterocycles. The predicted molar refractivity (Wildman–Crippen MR) is 73.8 cm³/mol. The minimum atomic E-state index is 0.710. The van der Waals surface area contributed by atoms with Gasteiger partial charge in [0.25, 0.3) is 0 Å². The molecule has 0 fully saturated rings. The Labute approximate surface area is 104 Å². The molecule has 0 radical (unpaired) electrons. The summed E-state index contributed by atoms with van der Waals surface area (Å²) in [5.74, 6) is 0. The highest BCUT2D eigenvalue weighted by molar-refractivity contribution is 6.31. The number of hydrogen-bond acceptors (Lipinski definition) is 2. The average Bonchev–Trinajstić information content (AvgIpc) is 2.35. The van der Waals surface area contributed by atoms with E-state index in [0.717, 1.165) is 27.5 Å². The molecule has 0 atom stereocenters. The molecule has 0 unspecified atom stereocenters. The van der Waals surface area contributed by atoms with Crippen LogP contribution in [0.15, 0.2) is 42.5 Å². The first-order valence-corrected chi connectivity index (χ1v) is 5.83. The molecule has 0 saturated carbocycles.